The molecule has 0 aromatic heterocycles. The molecular formula is C36H39BrClN3O7S. The Hall–Kier alpha value is -4.26. The van der Waals surface area contributed by atoms with Crippen molar-refractivity contribution < 1.29 is 32.2 Å². The lowest BCUT2D eigenvalue weighted by Gasteiger charge is -2.34. The van der Waals surface area contributed by atoms with Gasteiger partial charge in [0.15, 0.2) is 11.5 Å². The molecule has 13 heteroatoms. The van der Waals surface area contributed by atoms with Gasteiger partial charge in [-0.2, -0.15) is 0 Å². The Morgan fingerprint density at radius 1 is 0.816 bits per heavy atom. The number of hydrogen-bond acceptors (Lipinski definition) is 7. The van der Waals surface area contributed by atoms with Crippen LogP contribution in [0.4, 0.5) is 5.69 Å². The summed E-state index contributed by atoms with van der Waals surface area (Å²) in [7, 11) is -0.263. The molecule has 0 heterocycles. The maximum absolute atomic E-state index is 14.7. The predicted molar refractivity (Wildman–Crippen MR) is 194 cm³/mol. The minimum atomic E-state index is -4.49. The Morgan fingerprint density at radius 2 is 1.45 bits per heavy atom. The second-order valence-corrected chi connectivity index (χ2v) is 14.6. The van der Waals surface area contributed by atoms with Gasteiger partial charge in [-0.05, 0) is 67.4 Å². The molecule has 0 aliphatic heterocycles. The number of halogens is 2. The summed E-state index contributed by atoms with van der Waals surface area (Å²) in [6, 6.07) is 24.1. The molecule has 4 aromatic carbocycles. The molecule has 0 aliphatic carbocycles. The molecule has 0 radical (unpaired) electrons. The molecular weight excluding hydrogens is 734 g/mol. The number of benzene rings is 4. The van der Waals surface area contributed by atoms with E-state index in [0.717, 1.165) is 19.9 Å². The first-order valence-corrected chi connectivity index (χ1v) is 18.0. The Balaban J connectivity index is 1.88. The van der Waals surface area contributed by atoms with Crippen molar-refractivity contribution in [3.05, 3.63) is 112 Å². The van der Waals surface area contributed by atoms with Gasteiger partial charge in [-0.15, -0.1) is 0 Å². The third-order valence-electron chi connectivity index (χ3n) is 7.60. The van der Waals surface area contributed by atoms with Crippen LogP contribution in [0, 0.1) is 0 Å². The van der Waals surface area contributed by atoms with Gasteiger partial charge in [-0.3, -0.25) is 13.9 Å². The molecule has 0 saturated carbocycles. The van der Waals surface area contributed by atoms with Crippen LogP contribution < -0.4 is 23.8 Å². The van der Waals surface area contributed by atoms with Crippen molar-refractivity contribution in [3.63, 3.8) is 0 Å². The number of nitrogens with one attached hydrogen (secondary N) is 1. The average Bonchev–Trinajstić information content (AvgIpc) is 3.09. The van der Waals surface area contributed by atoms with Gasteiger partial charge in [-0.1, -0.05) is 70.0 Å². The quantitative estimate of drug-likeness (QED) is 0.147. The van der Waals surface area contributed by atoms with Gasteiger partial charge in [0.2, 0.25) is 11.8 Å². The van der Waals surface area contributed by atoms with Crippen molar-refractivity contribution in [3.8, 4) is 17.2 Å². The van der Waals surface area contributed by atoms with Crippen LogP contribution in [-0.4, -0.2) is 65.1 Å². The van der Waals surface area contributed by atoms with Crippen LogP contribution in [0.15, 0.2) is 100 Å². The molecule has 0 aliphatic rings. The van der Waals surface area contributed by atoms with Crippen LogP contribution in [0.5, 0.6) is 17.2 Å². The van der Waals surface area contributed by atoms with E-state index < -0.39 is 28.5 Å². The standard InChI is InChI=1S/C36H39BrClN3O7S/c1-24(2)39-36(43)31(19-25-9-7-6-8-10-25)40(22-26-11-13-27(37)14-12-26)35(42)23-41(30-20-28(38)15-17-32(30)46-3)49(44,45)29-16-18-33(47-4)34(21-29)48-5/h6-18,20-21,24,31H,19,22-23H2,1-5H3,(H,39,43)/t31-/m1/s1. The van der Waals surface area contributed by atoms with Crippen LogP contribution in [0.2, 0.25) is 5.02 Å². The number of nitrogens with zero attached hydrogens (tertiary/aromatic N) is 2. The SMILES string of the molecule is COc1ccc(S(=O)(=O)N(CC(=O)N(Cc2ccc(Br)cc2)[C@H](Cc2ccccc2)C(=O)NC(C)C)c2cc(Cl)ccc2OC)cc1OC. The van der Waals surface area contributed by atoms with Crippen molar-refractivity contribution in [2.24, 2.45) is 0 Å². The van der Waals surface area contributed by atoms with Gasteiger partial charge in [-0.25, -0.2) is 8.42 Å². The Kier molecular flexibility index (Phi) is 13.0. The monoisotopic (exact) mass is 771 g/mol. The summed E-state index contributed by atoms with van der Waals surface area (Å²) in [6.07, 6.45) is 0.185. The summed E-state index contributed by atoms with van der Waals surface area (Å²) in [6.45, 7) is 3.00. The van der Waals surface area contributed by atoms with Crippen molar-refractivity contribution in [1.82, 2.24) is 10.2 Å². The highest BCUT2D eigenvalue weighted by Crippen LogP contribution is 2.37. The van der Waals surface area contributed by atoms with Gasteiger partial charge in [0, 0.05) is 34.6 Å². The average molecular weight is 773 g/mol. The number of hydrogen-bond donors (Lipinski definition) is 1. The van der Waals surface area contributed by atoms with E-state index in [-0.39, 0.29) is 52.0 Å². The van der Waals surface area contributed by atoms with Gasteiger partial charge in [0.1, 0.15) is 18.3 Å². The summed E-state index contributed by atoms with van der Waals surface area (Å²) in [5.74, 6) is -0.338. The summed E-state index contributed by atoms with van der Waals surface area (Å²) in [5.41, 5.74) is 1.60. The molecule has 49 heavy (non-hydrogen) atoms. The summed E-state index contributed by atoms with van der Waals surface area (Å²) in [4.78, 5) is 29.9. The largest absolute Gasteiger partial charge is 0.495 e. The minimum Gasteiger partial charge on any atom is -0.495 e. The molecule has 4 rings (SSSR count). The number of rotatable bonds is 15. The Morgan fingerprint density at radius 3 is 2.06 bits per heavy atom. The van der Waals surface area contributed by atoms with E-state index in [2.05, 4.69) is 21.2 Å². The van der Waals surface area contributed by atoms with Crippen molar-refractivity contribution >= 4 is 55.1 Å². The van der Waals surface area contributed by atoms with Gasteiger partial charge >= 0.3 is 0 Å². The molecule has 1 N–H and O–H groups in total. The smallest absolute Gasteiger partial charge is 0.265 e. The first-order valence-electron chi connectivity index (χ1n) is 15.3. The summed E-state index contributed by atoms with van der Waals surface area (Å²) in [5, 5.41) is 3.17. The second kappa shape index (κ2) is 16.9. The first kappa shape index (κ1) is 37.6. The molecule has 2 amide bonds. The van der Waals surface area contributed by atoms with E-state index in [9.17, 15) is 18.0 Å². The third-order valence-corrected chi connectivity index (χ3v) is 10.1. The number of amides is 2. The highest BCUT2D eigenvalue weighted by molar-refractivity contribution is 9.10. The fourth-order valence-electron chi connectivity index (χ4n) is 5.20. The van der Waals surface area contributed by atoms with E-state index in [4.69, 9.17) is 25.8 Å². The first-order chi connectivity index (χ1) is 23.4. The molecule has 10 nitrogen and oxygen atoms in total. The van der Waals surface area contributed by atoms with Crippen LogP contribution in [0.1, 0.15) is 25.0 Å². The molecule has 0 spiro atoms. The van der Waals surface area contributed by atoms with Crippen molar-refractivity contribution in [2.75, 3.05) is 32.2 Å². The van der Waals surface area contributed by atoms with Crippen molar-refractivity contribution in [1.29, 1.82) is 0 Å². The van der Waals surface area contributed by atoms with E-state index >= 15 is 0 Å². The molecule has 0 bridgehead atoms. The fourth-order valence-corrected chi connectivity index (χ4v) is 7.06. The number of sulfonamides is 1. The lowest BCUT2D eigenvalue weighted by atomic mass is 10.0. The second-order valence-electron chi connectivity index (χ2n) is 11.4. The third kappa shape index (κ3) is 9.46. The molecule has 4 aromatic rings. The number of anilines is 1. The molecule has 0 saturated heterocycles. The molecule has 0 unspecified atom stereocenters. The lowest BCUT2D eigenvalue weighted by molar-refractivity contribution is -0.140. The van der Waals surface area contributed by atoms with E-state index in [1.165, 1.54) is 56.6 Å². The Bertz CT molecular complexity index is 1860. The van der Waals surface area contributed by atoms with Crippen LogP contribution in [-0.2, 0) is 32.6 Å². The summed E-state index contributed by atoms with van der Waals surface area (Å²) >= 11 is 9.83. The zero-order chi connectivity index (χ0) is 35.7. The molecule has 260 valence electrons. The summed E-state index contributed by atoms with van der Waals surface area (Å²) < 4.78 is 47.1. The topological polar surface area (TPSA) is 114 Å². The van der Waals surface area contributed by atoms with Crippen molar-refractivity contribution in [2.45, 2.75) is 43.8 Å². The zero-order valence-corrected chi connectivity index (χ0v) is 31.0. The molecule has 1 atom stereocenters. The number of carbonyl (C=O) groups is 2. The fraction of sp³-hybridized carbons (Fsp3) is 0.278. The predicted octanol–water partition coefficient (Wildman–Crippen LogP) is 6.49. The highest BCUT2D eigenvalue weighted by atomic mass is 79.9. The normalized spacial score (nSPS) is 11.8. The molecule has 0 fully saturated rings. The Labute approximate surface area is 301 Å². The van der Waals surface area contributed by atoms with E-state index in [0.29, 0.717) is 5.75 Å². The highest BCUT2D eigenvalue weighted by Gasteiger charge is 2.36. The lowest BCUT2D eigenvalue weighted by Crippen LogP contribution is -2.54. The van der Waals surface area contributed by atoms with Crippen LogP contribution in [0.25, 0.3) is 0 Å². The zero-order valence-electron chi connectivity index (χ0n) is 27.9. The van der Waals surface area contributed by atoms with Crippen LogP contribution >= 0.6 is 27.5 Å². The maximum Gasteiger partial charge on any atom is 0.265 e. The van der Waals surface area contributed by atoms with E-state index in [1.807, 2.05) is 68.4 Å². The minimum absolute atomic E-state index is 0.0199. The van der Waals surface area contributed by atoms with Gasteiger partial charge < -0.3 is 24.4 Å². The number of ether oxygens (including phenoxy) is 3. The number of methoxy groups -OCH3 is 3. The number of carbonyl (C=O) groups excluding carboxylic acids is 2. The van der Waals surface area contributed by atoms with Gasteiger partial charge in [0.25, 0.3) is 10.0 Å². The maximum atomic E-state index is 14.7. The van der Waals surface area contributed by atoms with Gasteiger partial charge in [0.05, 0.1) is 31.9 Å². The van der Waals surface area contributed by atoms with E-state index in [1.54, 1.807) is 6.07 Å². The van der Waals surface area contributed by atoms with Crippen LogP contribution in [0.3, 0.4) is 0 Å².